The number of aromatic hydroxyl groups is 1. The van der Waals surface area contributed by atoms with Gasteiger partial charge < -0.3 is 14.7 Å². The van der Waals surface area contributed by atoms with Gasteiger partial charge in [0.05, 0.1) is 6.17 Å². The molecule has 2 unspecified atom stereocenters. The van der Waals surface area contributed by atoms with Gasteiger partial charge in [0.2, 0.25) is 0 Å². The van der Waals surface area contributed by atoms with Crippen molar-refractivity contribution in [3.05, 3.63) is 23.8 Å². The number of anilines is 1. The number of hydrogen-bond acceptors (Lipinski definition) is 4. The molecule has 1 N–H and O–H groups in total. The van der Waals surface area contributed by atoms with Crippen LogP contribution in [0.15, 0.2) is 18.2 Å². The second-order valence-corrected chi connectivity index (χ2v) is 6.12. The van der Waals surface area contributed by atoms with Crippen molar-refractivity contribution in [1.82, 2.24) is 4.90 Å². The van der Waals surface area contributed by atoms with Crippen LogP contribution in [0.5, 0.6) is 5.75 Å². The molecule has 1 aromatic carbocycles. The molecule has 0 bridgehead atoms. The Morgan fingerprint density at radius 2 is 1.95 bits per heavy atom. The zero-order chi connectivity index (χ0) is 15.6. The summed E-state index contributed by atoms with van der Waals surface area (Å²) < 4.78 is 4.83. The van der Waals surface area contributed by atoms with Crippen LogP contribution in [-0.4, -0.2) is 50.0 Å². The van der Waals surface area contributed by atoms with Crippen LogP contribution in [0, 0.1) is 0 Å². The highest BCUT2D eigenvalue weighted by atomic mass is 16.5. The van der Waals surface area contributed by atoms with Crippen LogP contribution in [0.1, 0.15) is 32.8 Å². The molecule has 0 aliphatic carbocycles. The van der Waals surface area contributed by atoms with Crippen LogP contribution in [0.25, 0.3) is 0 Å². The minimum atomic E-state index is 0.164. The fourth-order valence-corrected chi connectivity index (χ4v) is 3.77. The number of phenols is 1. The first kappa shape index (κ1) is 16.1. The summed E-state index contributed by atoms with van der Waals surface area (Å²) in [5.41, 5.74) is 2.72. The monoisotopic (exact) mass is 292 g/mol. The Morgan fingerprint density at radius 3 is 2.52 bits per heavy atom. The zero-order valence-corrected chi connectivity index (χ0v) is 13.9. The van der Waals surface area contributed by atoms with Crippen molar-refractivity contribution in [2.75, 3.05) is 38.8 Å². The van der Waals surface area contributed by atoms with Crippen LogP contribution in [0.4, 0.5) is 5.69 Å². The molecular weight excluding hydrogens is 264 g/mol. The van der Waals surface area contributed by atoms with Gasteiger partial charge in [-0.15, -0.1) is 0 Å². The molecule has 1 fully saturated rings. The predicted octanol–water partition coefficient (Wildman–Crippen LogP) is 2.80. The maximum atomic E-state index is 9.65. The molecule has 2 aliphatic heterocycles. The van der Waals surface area contributed by atoms with Crippen molar-refractivity contribution in [2.45, 2.75) is 38.8 Å². The van der Waals surface area contributed by atoms with Gasteiger partial charge in [0, 0.05) is 37.9 Å². The van der Waals surface area contributed by atoms with E-state index in [4.69, 9.17) is 4.74 Å². The largest absolute Gasteiger partial charge is 0.508 e. The Bertz CT molecular complexity index is 490. The predicted molar refractivity (Wildman–Crippen MR) is 87.1 cm³/mol. The van der Waals surface area contributed by atoms with E-state index >= 15 is 0 Å². The first-order chi connectivity index (χ1) is 9.95. The summed E-state index contributed by atoms with van der Waals surface area (Å²) in [5, 5.41) is 9.65. The highest BCUT2D eigenvalue weighted by Crippen LogP contribution is 2.51. The molecule has 21 heavy (non-hydrogen) atoms. The lowest BCUT2D eigenvalue weighted by Crippen LogP contribution is -2.45. The SMILES string of the molecule is CCOCC.CN1CCC2(C)c3cc(O)ccc3N(C)C12. The van der Waals surface area contributed by atoms with Crippen molar-refractivity contribution in [1.29, 1.82) is 0 Å². The molecular formula is C17H28N2O2. The standard InChI is InChI=1S/C13H18N2O.C4H10O/c1-13-6-7-14(2)12(13)15(3)11-5-4-9(16)8-10(11)13;1-3-5-4-2/h4-5,8,12,16H,6-7H2,1-3H3;3-4H2,1-2H3. The minimum Gasteiger partial charge on any atom is -0.508 e. The molecule has 4 heteroatoms. The third-order valence-electron chi connectivity index (χ3n) is 4.72. The maximum absolute atomic E-state index is 9.65. The van der Waals surface area contributed by atoms with Crippen molar-refractivity contribution in [3.63, 3.8) is 0 Å². The smallest absolute Gasteiger partial charge is 0.116 e. The second kappa shape index (κ2) is 6.24. The van der Waals surface area contributed by atoms with Gasteiger partial charge in [-0.2, -0.15) is 0 Å². The van der Waals surface area contributed by atoms with Gasteiger partial charge in [0.1, 0.15) is 5.75 Å². The van der Waals surface area contributed by atoms with E-state index in [1.54, 1.807) is 6.07 Å². The molecule has 2 heterocycles. The Balaban J connectivity index is 0.000000282. The van der Waals surface area contributed by atoms with Crippen molar-refractivity contribution < 1.29 is 9.84 Å². The van der Waals surface area contributed by atoms with Crippen LogP contribution >= 0.6 is 0 Å². The molecule has 3 rings (SSSR count). The Morgan fingerprint density at radius 1 is 1.29 bits per heavy atom. The first-order valence-electron chi connectivity index (χ1n) is 7.80. The highest BCUT2D eigenvalue weighted by Gasteiger charge is 2.52. The van der Waals surface area contributed by atoms with E-state index in [9.17, 15) is 5.11 Å². The van der Waals surface area contributed by atoms with Gasteiger partial charge >= 0.3 is 0 Å². The zero-order valence-electron chi connectivity index (χ0n) is 13.9. The summed E-state index contributed by atoms with van der Waals surface area (Å²) in [7, 11) is 4.33. The van der Waals surface area contributed by atoms with Crippen LogP contribution < -0.4 is 4.90 Å². The fraction of sp³-hybridized carbons (Fsp3) is 0.647. The summed E-state index contributed by atoms with van der Waals surface area (Å²) in [6, 6.07) is 5.74. The number of hydrogen-bond donors (Lipinski definition) is 1. The fourth-order valence-electron chi connectivity index (χ4n) is 3.77. The lowest BCUT2D eigenvalue weighted by atomic mass is 9.81. The van der Waals surface area contributed by atoms with Gasteiger partial charge in [0.25, 0.3) is 0 Å². The molecule has 1 aromatic rings. The molecule has 0 saturated carbocycles. The molecule has 2 atom stereocenters. The van der Waals surface area contributed by atoms with Crippen LogP contribution in [0.2, 0.25) is 0 Å². The number of phenolic OH excluding ortho intramolecular Hbond substituents is 1. The Hall–Kier alpha value is -1.26. The Kier molecular flexibility index (Phi) is 4.79. The normalized spacial score (nSPS) is 27.1. The van der Waals surface area contributed by atoms with Gasteiger partial charge in [-0.1, -0.05) is 6.92 Å². The lowest BCUT2D eigenvalue weighted by Gasteiger charge is -2.32. The molecule has 0 spiro atoms. The number of likely N-dealkylation sites (N-methyl/N-ethyl adjacent to an activating group) is 2. The average molecular weight is 292 g/mol. The summed E-state index contributed by atoms with van der Waals surface area (Å²) in [6.45, 7) is 9.10. The molecule has 0 amide bonds. The van der Waals surface area contributed by atoms with Crippen molar-refractivity contribution in [3.8, 4) is 5.75 Å². The third-order valence-corrected chi connectivity index (χ3v) is 4.72. The maximum Gasteiger partial charge on any atom is 0.116 e. The summed E-state index contributed by atoms with van der Waals surface area (Å²) in [5.74, 6) is 0.378. The Labute approximate surface area is 128 Å². The van der Waals surface area contributed by atoms with E-state index in [1.165, 1.54) is 11.3 Å². The number of fused-ring (bicyclic) bond motifs is 3. The van der Waals surface area contributed by atoms with Gasteiger partial charge in [0.15, 0.2) is 0 Å². The molecule has 0 aromatic heterocycles. The summed E-state index contributed by atoms with van der Waals surface area (Å²) in [4.78, 5) is 4.73. The molecule has 1 saturated heterocycles. The first-order valence-corrected chi connectivity index (χ1v) is 7.80. The molecule has 2 aliphatic rings. The van der Waals surface area contributed by atoms with Gasteiger partial charge in [-0.05, 0) is 51.1 Å². The topological polar surface area (TPSA) is 35.9 Å². The van der Waals surface area contributed by atoms with Gasteiger partial charge in [-0.25, -0.2) is 0 Å². The van der Waals surface area contributed by atoms with E-state index in [0.717, 1.165) is 26.2 Å². The van der Waals surface area contributed by atoms with E-state index in [1.807, 2.05) is 26.0 Å². The third kappa shape index (κ3) is 2.74. The second-order valence-electron chi connectivity index (χ2n) is 6.12. The minimum absolute atomic E-state index is 0.164. The molecule has 118 valence electrons. The number of nitrogens with zero attached hydrogens (tertiary/aromatic N) is 2. The van der Waals surface area contributed by atoms with E-state index < -0.39 is 0 Å². The number of rotatable bonds is 2. The number of benzene rings is 1. The van der Waals surface area contributed by atoms with E-state index in [-0.39, 0.29) is 5.41 Å². The summed E-state index contributed by atoms with van der Waals surface area (Å²) in [6.07, 6.45) is 1.60. The lowest BCUT2D eigenvalue weighted by molar-refractivity contribution is 0.162. The van der Waals surface area contributed by atoms with Gasteiger partial charge in [-0.3, -0.25) is 4.90 Å². The van der Waals surface area contributed by atoms with Crippen LogP contribution in [-0.2, 0) is 10.2 Å². The number of ether oxygens (including phenoxy) is 1. The quantitative estimate of drug-likeness (QED) is 0.909. The van der Waals surface area contributed by atoms with E-state index in [0.29, 0.717) is 11.9 Å². The number of likely N-dealkylation sites (tertiary alicyclic amines) is 1. The highest BCUT2D eigenvalue weighted by molar-refractivity contribution is 5.65. The molecule has 4 nitrogen and oxygen atoms in total. The molecule has 0 radical (unpaired) electrons. The van der Waals surface area contributed by atoms with Crippen LogP contribution in [0.3, 0.4) is 0 Å². The van der Waals surface area contributed by atoms with Crippen molar-refractivity contribution in [2.24, 2.45) is 0 Å². The van der Waals surface area contributed by atoms with Crippen molar-refractivity contribution >= 4 is 5.69 Å². The van der Waals surface area contributed by atoms with E-state index in [2.05, 4.69) is 30.8 Å². The summed E-state index contributed by atoms with van der Waals surface area (Å²) >= 11 is 0. The average Bonchev–Trinajstić information content (AvgIpc) is 2.86.